The largest absolute Gasteiger partial charge is 0.496 e. The highest BCUT2D eigenvalue weighted by Crippen LogP contribution is 2.28. The van der Waals surface area contributed by atoms with Gasteiger partial charge in [-0.25, -0.2) is 0 Å². The molecule has 0 aliphatic rings. The van der Waals surface area contributed by atoms with Gasteiger partial charge in [0.05, 0.1) is 7.11 Å². The summed E-state index contributed by atoms with van der Waals surface area (Å²) in [5.74, 6) is 0.991. The Bertz CT molecular complexity index is 1310. The van der Waals surface area contributed by atoms with E-state index in [-0.39, 0.29) is 29.7 Å². The molecule has 0 amide bonds. The molecule has 0 saturated heterocycles. The second kappa shape index (κ2) is 20.2. The Hall–Kier alpha value is -3.72. The fourth-order valence-electron chi connectivity index (χ4n) is 4.69. The van der Waals surface area contributed by atoms with Crippen LogP contribution in [0.2, 0.25) is 0 Å². The molecule has 1 heterocycles. The lowest BCUT2D eigenvalue weighted by molar-refractivity contribution is 0.410. The minimum absolute atomic E-state index is 0. The lowest BCUT2D eigenvalue weighted by Crippen LogP contribution is -2.17. The van der Waals surface area contributed by atoms with Crippen molar-refractivity contribution in [1.29, 1.82) is 0 Å². The van der Waals surface area contributed by atoms with Gasteiger partial charge in [0.2, 0.25) is 0 Å². The van der Waals surface area contributed by atoms with Crippen LogP contribution >= 0.6 is 0 Å². The molecule has 4 aromatic carbocycles. The van der Waals surface area contributed by atoms with Gasteiger partial charge >= 0.3 is 0 Å². The number of para-hydroxylation sites is 4. The summed E-state index contributed by atoms with van der Waals surface area (Å²) in [6, 6.07) is 33.9. The van der Waals surface area contributed by atoms with Gasteiger partial charge in [0.15, 0.2) is 0 Å². The van der Waals surface area contributed by atoms with Crippen molar-refractivity contribution in [3.05, 3.63) is 108 Å². The third-order valence-corrected chi connectivity index (χ3v) is 6.83. The van der Waals surface area contributed by atoms with Gasteiger partial charge in [-0.2, -0.15) is 0 Å². The smallest absolute Gasteiger partial charge is 0.122 e. The van der Waals surface area contributed by atoms with Crippen LogP contribution in [0.3, 0.4) is 0 Å². The zero-order valence-electron chi connectivity index (χ0n) is 23.4. The summed E-state index contributed by atoms with van der Waals surface area (Å²) in [5, 5.41) is 2.71. The minimum atomic E-state index is 0. The SMILES string of the molecule is C.C.C.C.CCc1ccccc1N(C)CC.CCc1ccccc1OC.CCn1c2ccccc2c2ccccc21. The number of rotatable bonds is 6. The average molecular weight is 559 g/mol. The topological polar surface area (TPSA) is 17.4 Å². The van der Waals surface area contributed by atoms with E-state index in [1.54, 1.807) is 7.11 Å². The molecule has 0 radical (unpaired) electrons. The second-order valence-corrected chi connectivity index (χ2v) is 8.94. The van der Waals surface area contributed by atoms with Crippen LogP contribution in [-0.4, -0.2) is 25.3 Å². The number of aromatic nitrogens is 1. The quantitative estimate of drug-likeness (QED) is 0.206. The Morgan fingerprint density at radius 2 is 1.02 bits per heavy atom. The van der Waals surface area contributed by atoms with Crippen molar-refractivity contribution < 1.29 is 4.74 Å². The maximum Gasteiger partial charge on any atom is 0.122 e. The lowest BCUT2D eigenvalue weighted by Gasteiger charge is -2.19. The fraction of sp³-hybridized carbons (Fsp3) is 0.368. The number of ether oxygens (including phenoxy) is 1. The molecule has 3 nitrogen and oxygen atoms in total. The Labute approximate surface area is 252 Å². The third-order valence-electron chi connectivity index (χ3n) is 6.83. The highest BCUT2D eigenvalue weighted by Gasteiger charge is 2.07. The molecule has 5 aromatic rings. The molecular weight excluding hydrogens is 500 g/mol. The van der Waals surface area contributed by atoms with Gasteiger partial charge in [-0.15, -0.1) is 0 Å². The minimum Gasteiger partial charge on any atom is -0.496 e. The molecule has 0 saturated carbocycles. The maximum atomic E-state index is 5.14. The van der Waals surface area contributed by atoms with Crippen molar-refractivity contribution in [2.75, 3.05) is 25.6 Å². The monoisotopic (exact) mass is 558 g/mol. The van der Waals surface area contributed by atoms with Crippen molar-refractivity contribution in [3.8, 4) is 5.75 Å². The number of anilines is 1. The van der Waals surface area contributed by atoms with E-state index in [0.717, 1.165) is 31.7 Å². The van der Waals surface area contributed by atoms with E-state index in [2.05, 4.69) is 123 Å². The molecule has 0 atom stereocenters. The van der Waals surface area contributed by atoms with Gasteiger partial charge in [0, 0.05) is 47.6 Å². The Morgan fingerprint density at radius 1 is 0.585 bits per heavy atom. The third kappa shape index (κ3) is 9.70. The first-order valence-electron chi connectivity index (χ1n) is 13.5. The van der Waals surface area contributed by atoms with E-state index in [0.29, 0.717) is 0 Å². The Kier molecular flexibility index (Phi) is 19.4. The van der Waals surface area contributed by atoms with E-state index >= 15 is 0 Å². The van der Waals surface area contributed by atoms with Crippen molar-refractivity contribution >= 4 is 27.5 Å². The van der Waals surface area contributed by atoms with Gasteiger partial charge in [-0.3, -0.25) is 0 Å². The van der Waals surface area contributed by atoms with Gasteiger partial charge in [0.25, 0.3) is 0 Å². The van der Waals surface area contributed by atoms with Crippen LogP contribution < -0.4 is 9.64 Å². The number of hydrogen-bond acceptors (Lipinski definition) is 2. The number of fused-ring (bicyclic) bond motifs is 3. The molecule has 0 bridgehead atoms. The molecular formula is C38H58N2O. The zero-order chi connectivity index (χ0) is 26.6. The van der Waals surface area contributed by atoms with Crippen LogP contribution in [0.4, 0.5) is 5.69 Å². The summed E-state index contributed by atoms with van der Waals surface area (Å²) >= 11 is 0. The summed E-state index contributed by atoms with van der Waals surface area (Å²) < 4.78 is 7.50. The van der Waals surface area contributed by atoms with Crippen LogP contribution in [0.1, 0.15) is 68.5 Å². The standard InChI is InChI=1S/C14H13N.C11H17N.C9H12O.4CH4/c1-2-15-13-9-5-3-7-11(13)12-8-4-6-10-14(12)15;1-4-10-8-6-7-9-11(10)12(3)5-2;1-3-8-6-4-5-7-9(8)10-2;;;;/h3-10H,2H2,1H3;6-9H,4-5H2,1-3H3;4-7H,3H2,1-2H3;4*1H4. The molecule has 226 valence electrons. The lowest BCUT2D eigenvalue weighted by atomic mass is 10.1. The van der Waals surface area contributed by atoms with Crippen LogP contribution in [-0.2, 0) is 19.4 Å². The Balaban J connectivity index is 0. The van der Waals surface area contributed by atoms with E-state index < -0.39 is 0 Å². The van der Waals surface area contributed by atoms with Crippen molar-refractivity contribution in [2.24, 2.45) is 0 Å². The zero-order valence-corrected chi connectivity index (χ0v) is 23.4. The predicted octanol–water partition coefficient (Wildman–Crippen LogP) is 11.3. The first-order chi connectivity index (χ1) is 18.1. The predicted molar refractivity (Wildman–Crippen MR) is 189 cm³/mol. The first-order valence-corrected chi connectivity index (χ1v) is 13.5. The first kappa shape index (κ1) is 39.4. The summed E-state index contributed by atoms with van der Waals surface area (Å²) in [6.07, 6.45) is 2.14. The number of nitrogens with zero attached hydrogens (tertiary/aromatic N) is 2. The summed E-state index contributed by atoms with van der Waals surface area (Å²) in [5.41, 5.74) is 6.73. The van der Waals surface area contributed by atoms with E-state index in [1.165, 1.54) is 38.6 Å². The van der Waals surface area contributed by atoms with Gasteiger partial charge in [-0.1, -0.05) is 116 Å². The molecule has 41 heavy (non-hydrogen) atoms. The fourth-order valence-corrected chi connectivity index (χ4v) is 4.69. The molecule has 5 rings (SSSR count). The second-order valence-electron chi connectivity index (χ2n) is 8.94. The molecule has 0 fully saturated rings. The van der Waals surface area contributed by atoms with Crippen LogP contribution in [0, 0.1) is 0 Å². The van der Waals surface area contributed by atoms with Crippen LogP contribution in [0.5, 0.6) is 5.75 Å². The van der Waals surface area contributed by atoms with Gasteiger partial charge in [0.1, 0.15) is 5.75 Å². The van der Waals surface area contributed by atoms with Gasteiger partial charge < -0.3 is 14.2 Å². The number of benzene rings is 4. The summed E-state index contributed by atoms with van der Waals surface area (Å²) in [4.78, 5) is 2.28. The van der Waals surface area contributed by atoms with Crippen molar-refractivity contribution in [2.45, 2.75) is 76.8 Å². The number of aryl methyl sites for hydroxylation is 3. The Morgan fingerprint density at radius 3 is 1.46 bits per heavy atom. The highest BCUT2D eigenvalue weighted by atomic mass is 16.5. The van der Waals surface area contributed by atoms with E-state index in [9.17, 15) is 0 Å². The molecule has 1 aromatic heterocycles. The van der Waals surface area contributed by atoms with Crippen molar-refractivity contribution in [3.63, 3.8) is 0 Å². The van der Waals surface area contributed by atoms with Gasteiger partial charge in [-0.05, 0) is 62.1 Å². The van der Waals surface area contributed by atoms with E-state index in [1.807, 2.05) is 18.2 Å². The number of methoxy groups -OCH3 is 1. The molecule has 0 aliphatic heterocycles. The molecule has 0 N–H and O–H groups in total. The highest BCUT2D eigenvalue weighted by molar-refractivity contribution is 6.07. The number of hydrogen-bond donors (Lipinski definition) is 0. The maximum absolute atomic E-state index is 5.14. The molecule has 0 spiro atoms. The average Bonchev–Trinajstić information content (AvgIpc) is 3.31. The van der Waals surface area contributed by atoms with Crippen molar-refractivity contribution in [1.82, 2.24) is 4.57 Å². The summed E-state index contributed by atoms with van der Waals surface area (Å²) in [7, 11) is 3.84. The molecule has 3 heteroatoms. The summed E-state index contributed by atoms with van der Waals surface area (Å²) in [6.45, 7) is 10.8. The normalized spacial score (nSPS) is 9.32. The van der Waals surface area contributed by atoms with Crippen LogP contribution in [0.15, 0.2) is 97.1 Å². The molecule has 0 aliphatic carbocycles. The van der Waals surface area contributed by atoms with Crippen LogP contribution in [0.25, 0.3) is 21.8 Å². The molecule has 0 unspecified atom stereocenters. The van der Waals surface area contributed by atoms with E-state index in [4.69, 9.17) is 4.74 Å².